The molecule has 0 saturated carbocycles. The lowest BCUT2D eigenvalue weighted by molar-refractivity contribution is -0.127. The number of carbonyl (C=O) groups excluding carboxylic acids is 3. The fourth-order valence-corrected chi connectivity index (χ4v) is 4.08. The summed E-state index contributed by atoms with van der Waals surface area (Å²) < 4.78 is 24.6. The topological polar surface area (TPSA) is 111 Å². The summed E-state index contributed by atoms with van der Waals surface area (Å²) in [5, 5.41) is 1.90. The van der Waals surface area contributed by atoms with Gasteiger partial charge in [0, 0.05) is 5.69 Å². The van der Waals surface area contributed by atoms with Gasteiger partial charge in [-0.05, 0) is 78.3 Å². The number of hydrogen-bond acceptors (Lipinski definition) is 8. The van der Waals surface area contributed by atoms with Crippen LogP contribution in [0, 0.1) is 5.82 Å². The molecule has 3 amide bonds. The standard InChI is InChI=1S/C24H18ClFN4O5S/c1-2-34-16-8-6-15(7-9-16)28-20(31)13-30-22(32)19(36-24(30)33)11-14-4-3-5-17(10-14)35-21-18(26)12-27-23(25)29-21/h3-12H,2,13H2,1H3,(H,28,31)/b19-11+. The summed E-state index contributed by atoms with van der Waals surface area (Å²) in [4.78, 5) is 45.8. The van der Waals surface area contributed by atoms with Crippen molar-refractivity contribution in [3.8, 4) is 17.4 Å². The molecule has 0 spiro atoms. The lowest BCUT2D eigenvalue weighted by atomic mass is 10.2. The number of carbonyl (C=O) groups is 3. The SMILES string of the molecule is CCOc1ccc(NC(=O)CN2C(=O)S/C(=C/c3cccc(Oc4nc(Cl)ncc4F)c3)C2=O)cc1. The number of nitrogens with zero attached hydrogens (tertiary/aromatic N) is 3. The van der Waals surface area contributed by atoms with Gasteiger partial charge in [0.15, 0.2) is 0 Å². The van der Waals surface area contributed by atoms with Crippen molar-refractivity contribution < 1.29 is 28.2 Å². The number of nitrogens with one attached hydrogen (secondary N) is 1. The molecule has 1 saturated heterocycles. The van der Waals surface area contributed by atoms with Crippen molar-refractivity contribution in [1.29, 1.82) is 0 Å². The maximum absolute atomic E-state index is 13.9. The van der Waals surface area contributed by atoms with E-state index in [0.717, 1.165) is 11.1 Å². The Bertz CT molecular complexity index is 1350. The lowest BCUT2D eigenvalue weighted by Crippen LogP contribution is -2.36. The summed E-state index contributed by atoms with van der Waals surface area (Å²) in [5.41, 5.74) is 1.02. The number of anilines is 1. The molecule has 9 nitrogen and oxygen atoms in total. The molecule has 0 radical (unpaired) electrons. The third kappa shape index (κ3) is 6.18. The van der Waals surface area contributed by atoms with Gasteiger partial charge >= 0.3 is 0 Å². The van der Waals surface area contributed by atoms with Crippen LogP contribution in [0.2, 0.25) is 5.28 Å². The molecule has 0 aliphatic carbocycles. The summed E-state index contributed by atoms with van der Waals surface area (Å²) in [5.74, 6) is -1.39. The molecule has 0 bridgehead atoms. The molecule has 1 aromatic heterocycles. The van der Waals surface area contributed by atoms with E-state index in [1.807, 2.05) is 6.92 Å². The highest BCUT2D eigenvalue weighted by Crippen LogP contribution is 2.33. The first-order valence-corrected chi connectivity index (χ1v) is 11.8. The van der Waals surface area contributed by atoms with Gasteiger partial charge in [0.05, 0.1) is 17.7 Å². The highest BCUT2D eigenvalue weighted by molar-refractivity contribution is 8.18. The van der Waals surface area contributed by atoms with Gasteiger partial charge in [-0.1, -0.05) is 12.1 Å². The third-order valence-electron chi connectivity index (χ3n) is 4.68. The van der Waals surface area contributed by atoms with Gasteiger partial charge < -0.3 is 14.8 Å². The second-order valence-electron chi connectivity index (χ2n) is 7.24. The fourth-order valence-electron chi connectivity index (χ4n) is 3.12. The zero-order chi connectivity index (χ0) is 25.7. The van der Waals surface area contributed by atoms with Crippen molar-refractivity contribution in [3.05, 3.63) is 76.3 Å². The van der Waals surface area contributed by atoms with E-state index in [1.54, 1.807) is 42.5 Å². The first-order valence-electron chi connectivity index (χ1n) is 10.6. The number of aromatic nitrogens is 2. The zero-order valence-corrected chi connectivity index (χ0v) is 20.3. The maximum Gasteiger partial charge on any atom is 0.294 e. The van der Waals surface area contributed by atoms with E-state index < -0.39 is 29.4 Å². The van der Waals surface area contributed by atoms with Crippen LogP contribution in [0.4, 0.5) is 14.9 Å². The van der Waals surface area contributed by atoms with Gasteiger partial charge in [-0.2, -0.15) is 9.37 Å². The van der Waals surface area contributed by atoms with Gasteiger partial charge in [0.2, 0.25) is 17.0 Å². The van der Waals surface area contributed by atoms with E-state index in [2.05, 4.69) is 15.3 Å². The van der Waals surface area contributed by atoms with E-state index in [4.69, 9.17) is 21.1 Å². The van der Waals surface area contributed by atoms with Crippen molar-refractivity contribution in [1.82, 2.24) is 14.9 Å². The number of rotatable bonds is 8. The van der Waals surface area contributed by atoms with E-state index in [-0.39, 0.29) is 21.8 Å². The summed E-state index contributed by atoms with van der Waals surface area (Å²) in [6.07, 6.45) is 2.36. The maximum atomic E-state index is 13.9. The minimum atomic E-state index is -0.797. The Morgan fingerprint density at radius 1 is 1.19 bits per heavy atom. The quantitative estimate of drug-likeness (QED) is 0.316. The van der Waals surface area contributed by atoms with Crippen LogP contribution in [-0.2, 0) is 9.59 Å². The van der Waals surface area contributed by atoms with Crippen molar-refractivity contribution >= 4 is 52.2 Å². The predicted molar refractivity (Wildman–Crippen MR) is 132 cm³/mol. The van der Waals surface area contributed by atoms with E-state index in [9.17, 15) is 18.8 Å². The Balaban J connectivity index is 1.42. The molecule has 1 fully saturated rings. The molecule has 184 valence electrons. The predicted octanol–water partition coefficient (Wildman–Crippen LogP) is 5.14. The number of thioether (sulfide) groups is 1. The van der Waals surface area contributed by atoms with Crippen molar-refractivity contribution in [3.63, 3.8) is 0 Å². The zero-order valence-electron chi connectivity index (χ0n) is 18.7. The number of imide groups is 1. The molecule has 12 heteroatoms. The summed E-state index contributed by atoms with van der Waals surface area (Å²) in [7, 11) is 0. The van der Waals surface area contributed by atoms with Crippen LogP contribution in [0.25, 0.3) is 6.08 Å². The van der Waals surface area contributed by atoms with Crippen LogP contribution in [0.3, 0.4) is 0 Å². The minimum Gasteiger partial charge on any atom is -0.494 e. The normalized spacial score (nSPS) is 14.3. The van der Waals surface area contributed by atoms with Gasteiger partial charge in [0.25, 0.3) is 17.0 Å². The van der Waals surface area contributed by atoms with Crippen LogP contribution in [0.5, 0.6) is 17.4 Å². The highest BCUT2D eigenvalue weighted by atomic mass is 35.5. The Labute approximate surface area is 214 Å². The van der Waals surface area contributed by atoms with Crippen LogP contribution >= 0.6 is 23.4 Å². The Morgan fingerprint density at radius 3 is 2.72 bits per heavy atom. The van der Waals surface area contributed by atoms with Crippen LogP contribution < -0.4 is 14.8 Å². The molecule has 36 heavy (non-hydrogen) atoms. The average molecular weight is 529 g/mol. The largest absolute Gasteiger partial charge is 0.494 e. The monoisotopic (exact) mass is 528 g/mol. The molecule has 1 aliphatic heterocycles. The number of halogens is 2. The van der Waals surface area contributed by atoms with Crippen LogP contribution in [-0.4, -0.2) is 45.1 Å². The minimum absolute atomic E-state index is 0.127. The van der Waals surface area contributed by atoms with Crippen LogP contribution in [0.15, 0.2) is 59.6 Å². The van der Waals surface area contributed by atoms with Crippen molar-refractivity contribution in [2.24, 2.45) is 0 Å². The lowest BCUT2D eigenvalue weighted by Gasteiger charge is -2.12. The third-order valence-corrected chi connectivity index (χ3v) is 5.77. The highest BCUT2D eigenvalue weighted by Gasteiger charge is 2.36. The number of ether oxygens (including phenoxy) is 2. The van der Waals surface area contributed by atoms with Crippen LogP contribution in [0.1, 0.15) is 12.5 Å². The molecule has 1 aliphatic rings. The van der Waals surface area contributed by atoms with Gasteiger partial charge in [-0.25, -0.2) is 4.98 Å². The summed E-state index contributed by atoms with van der Waals surface area (Å²) in [6, 6.07) is 13.1. The summed E-state index contributed by atoms with van der Waals surface area (Å²) in [6.45, 7) is 1.94. The molecule has 0 atom stereocenters. The molecule has 2 heterocycles. The van der Waals surface area contributed by atoms with Gasteiger partial charge in [-0.3, -0.25) is 19.3 Å². The Hall–Kier alpha value is -3.96. The van der Waals surface area contributed by atoms with E-state index >= 15 is 0 Å². The van der Waals surface area contributed by atoms with Gasteiger partial charge in [-0.15, -0.1) is 0 Å². The second-order valence-corrected chi connectivity index (χ2v) is 8.57. The fraction of sp³-hybridized carbons (Fsp3) is 0.125. The molecule has 1 N–H and O–H groups in total. The van der Waals surface area contributed by atoms with Crippen molar-refractivity contribution in [2.45, 2.75) is 6.92 Å². The number of hydrogen-bond donors (Lipinski definition) is 1. The Kier molecular flexibility index (Phi) is 7.81. The average Bonchev–Trinajstić information content (AvgIpc) is 3.10. The van der Waals surface area contributed by atoms with E-state index in [0.29, 0.717) is 35.4 Å². The smallest absolute Gasteiger partial charge is 0.294 e. The summed E-state index contributed by atoms with van der Waals surface area (Å²) >= 11 is 6.39. The molecule has 4 rings (SSSR count). The van der Waals surface area contributed by atoms with E-state index in [1.165, 1.54) is 12.1 Å². The molecular formula is C24H18ClFN4O5S. The van der Waals surface area contributed by atoms with Crippen molar-refractivity contribution in [2.75, 3.05) is 18.5 Å². The Morgan fingerprint density at radius 2 is 1.97 bits per heavy atom. The molecule has 3 aromatic rings. The first-order chi connectivity index (χ1) is 17.3. The molecule has 0 unspecified atom stereocenters. The number of benzene rings is 2. The second kappa shape index (κ2) is 11.2. The number of amides is 3. The molecule has 2 aromatic carbocycles. The van der Waals surface area contributed by atoms with Gasteiger partial charge in [0.1, 0.15) is 18.0 Å². The molecular weight excluding hydrogens is 511 g/mol. The first kappa shape index (κ1) is 25.1.